The Labute approximate surface area is 95.3 Å². The highest BCUT2D eigenvalue weighted by Crippen LogP contribution is 2.16. The molecule has 0 heterocycles. The van der Waals surface area contributed by atoms with Crippen LogP contribution in [-0.2, 0) is 4.74 Å². The Hall–Kier alpha value is -0.0800. The fraction of sp³-hybridized carbons (Fsp3) is 0.667. The Morgan fingerprint density at radius 3 is 2.64 bits per heavy atom. The summed E-state index contributed by atoms with van der Waals surface area (Å²) >= 11 is 3.54. The lowest BCUT2D eigenvalue weighted by Gasteiger charge is -2.12. The maximum atomic E-state index is 5.69. The zero-order chi connectivity index (χ0) is 10.2. The van der Waals surface area contributed by atoms with Gasteiger partial charge in [0.15, 0.2) is 0 Å². The van der Waals surface area contributed by atoms with Gasteiger partial charge in [0.1, 0.15) is 5.01 Å². The van der Waals surface area contributed by atoms with Crippen molar-refractivity contribution in [2.45, 2.75) is 37.6 Å². The first-order valence-corrected chi connectivity index (χ1v) is 6.35. The minimum Gasteiger partial charge on any atom is -0.366 e. The average Bonchev–Trinajstić information content (AvgIpc) is 2.68. The number of unbranched alkanes of at least 4 members (excludes halogenated alkanes) is 2. The normalized spacial score (nSPS) is 17.9. The molecule has 2 heteroatoms. The van der Waals surface area contributed by atoms with Crippen molar-refractivity contribution in [3.63, 3.8) is 0 Å². The van der Waals surface area contributed by atoms with E-state index in [9.17, 15) is 0 Å². The SMILES string of the molecule is CCCCCC(Br)OCC1C=CC=C1. The van der Waals surface area contributed by atoms with E-state index in [0.29, 0.717) is 5.92 Å². The zero-order valence-electron chi connectivity index (χ0n) is 8.79. The second kappa shape index (κ2) is 7.24. The van der Waals surface area contributed by atoms with E-state index in [1.54, 1.807) is 0 Å². The summed E-state index contributed by atoms with van der Waals surface area (Å²) in [5.74, 6) is 0.487. The van der Waals surface area contributed by atoms with Crippen molar-refractivity contribution in [2.24, 2.45) is 5.92 Å². The smallest absolute Gasteiger partial charge is 0.112 e. The number of halogens is 1. The monoisotopic (exact) mass is 258 g/mol. The molecule has 1 aliphatic rings. The number of hydrogen-bond acceptors (Lipinski definition) is 1. The summed E-state index contributed by atoms with van der Waals surface area (Å²) in [6.07, 6.45) is 13.4. The van der Waals surface area contributed by atoms with Gasteiger partial charge in [-0.15, -0.1) is 0 Å². The number of alkyl halides is 1. The first-order chi connectivity index (χ1) is 6.83. The molecule has 0 aromatic heterocycles. The molecule has 0 bridgehead atoms. The summed E-state index contributed by atoms with van der Waals surface area (Å²) < 4.78 is 5.69. The van der Waals surface area contributed by atoms with E-state index in [-0.39, 0.29) is 5.01 Å². The molecule has 0 aliphatic heterocycles. The molecule has 0 saturated carbocycles. The average molecular weight is 259 g/mol. The molecular weight excluding hydrogens is 240 g/mol. The lowest BCUT2D eigenvalue weighted by Crippen LogP contribution is -2.10. The van der Waals surface area contributed by atoms with Crippen molar-refractivity contribution in [2.75, 3.05) is 6.61 Å². The summed E-state index contributed by atoms with van der Waals surface area (Å²) in [6.45, 7) is 3.02. The minimum atomic E-state index is 0.233. The second-order valence-corrected chi connectivity index (χ2v) is 4.69. The van der Waals surface area contributed by atoms with Gasteiger partial charge in [-0.1, -0.05) is 60.0 Å². The van der Waals surface area contributed by atoms with E-state index >= 15 is 0 Å². The molecule has 0 aromatic carbocycles. The molecule has 0 N–H and O–H groups in total. The van der Waals surface area contributed by atoms with Crippen LogP contribution in [0.2, 0.25) is 0 Å². The van der Waals surface area contributed by atoms with E-state index < -0.39 is 0 Å². The van der Waals surface area contributed by atoms with Crippen molar-refractivity contribution in [1.82, 2.24) is 0 Å². The zero-order valence-corrected chi connectivity index (χ0v) is 10.4. The number of ether oxygens (including phenoxy) is 1. The maximum absolute atomic E-state index is 5.69. The van der Waals surface area contributed by atoms with Gasteiger partial charge in [-0.2, -0.15) is 0 Å². The molecule has 0 amide bonds. The van der Waals surface area contributed by atoms with Gasteiger partial charge in [-0.3, -0.25) is 0 Å². The fourth-order valence-electron chi connectivity index (χ4n) is 1.44. The largest absolute Gasteiger partial charge is 0.366 e. The molecule has 0 fully saturated rings. The summed E-state index contributed by atoms with van der Waals surface area (Å²) in [7, 11) is 0. The van der Waals surface area contributed by atoms with Gasteiger partial charge in [-0.25, -0.2) is 0 Å². The molecule has 0 saturated heterocycles. The maximum Gasteiger partial charge on any atom is 0.112 e. The minimum absolute atomic E-state index is 0.233. The van der Waals surface area contributed by atoms with E-state index in [2.05, 4.69) is 47.2 Å². The lowest BCUT2D eigenvalue weighted by atomic mass is 10.2. The number of hydrogen-bond donors (Lipinski definition) is 0. The Morgan fingerprint density at radius 2 is 2.00 bits per heavy atom. The summed E-state index contributed by atoms with van der Waals surface area (Å²) in [5, 5.41) is 0.233. The quantitative estimate of drug-likeness (QED) is 0.495. The highest BCUT2D eigenvalue weighted by Gasteiger charge is 2.08. The molecule has 0 aromatic rings. The van der Waals surface area contributed by atoms with Crippen LogP contribution in [0.15, 0.2) is 24.3 Å². The van der Waals surface area contributed by atoms with Crippen LogP contribution in [-0.4, -0.2) is 11.6 Å². The third-order valence-corrected chi connectivity index (χ3v) is 3.05. The van der Waals surface area contributed by atoms with Crippen LogP contribution in [0.4, 0.5) is 0 Å². The first-order valence-electron chi connectivity index (χ1n) is 5.43. The predicted octanol–water partition coefficient (Wildman–Crippen LogP) is 4.05. The molecule has 0 radical (unpaired) electrons. The van der Waals surface area contributed by atoms with Gasteiger partial charge in [0, 0.05) is 5.92 Å². The fourth-order valence-corrected chi connectivity index (χ4v) is 1.92. The number of rotatable bonds is 7. The van der Waals surface area contributed by atoms with Crippen molar-refractivity contribution in [1.29, 1.82) is 0 Å². The van der Waals surface area contributed by atoms with Gasteiger partial charge < -0.3 is 4.74 Å². The topological polar surface area (TPSA) is 9.23 Å². The highest BCUT2D eigenvalue weighted by atomic mass is 79.9. The number of allylic oxidation sites excluding steroid dienone is 2. The van der Waals surface area contributed by atoms with Gasteiger partial charge in [0.25, 0.3) is 0 Å². The van der Waals surface area contributed by atoms with Crippen LogP contribution in [0.25, 0.3) is 0 Å². The summed E-state index contributed by atoms with van der Waals surface area (Å²) in [5.41, 5.74) is 0. The van der Waals surface area contributed by atoms with Crippen LogP contribution in [0.3, 0.4) is 0 Å². The van der Waals surface area contributed by atoms with Crippen LogP contribution in [0.5, 0.6) is 0 Å². The molecule has 1 rings (SSSR count). The van der Waals surface area contributed by atoms with Crippen LogP contribution in [0, 0.1) is 5.92 Å². The molecule has 14 heavy (non-hydrogen) atoms. The van der Waals surface area contributed by atoms with Crippen LogP contribution >= 0.6 is 15.9 Å². The van der Waals surface area contributed by atoms with E-state index in [4.69, 9.17) is 4.74 Å². The Kier molecular flexibility index (Phi) is 6.20. The third-order valence-electron chi connectivity index (χ3n) is 2.33. The first kappa shape index (κ1) is 12.0. The predicted molar refractivity (Wildman–Crippen MR) is 64.6 cm³/mol. The van der Waals surface area contributed by atoms with Crippen LogP contribution < -0.4 is 0 Å². The molecule has 1 unspecified atom stereocenters. The Balaban J connectivity index is 1.99. The molecule has 80 valence electrons. The molecule has 1 atom stereocenters. The van der Waals surface area contributed by atoms with E-state index in [1.165, 1.54) is 19.3 Å². The van der Waals surface area contributed by atoms with Gasteiger partial charge in [0.05, 0.1) is 6.61 Å². The molecular formula is C12H19BrO. The second-order valence-electron chi connectivity index (χ2n) is 3.67. The molecule has 1 nitrogen and oxygen atoms in total. The van der Waals surface area contributed by atoms with E-state index in [0.717, 1.165) is 13.0 Å². The van der Waals surface area contributed by atoms with Crippen molar-refractivity contribution < 1.29 is 4.74 Å². The molecule has 0 spiro atoms. The molecule has 1 aliphatic carbocycles. The highest BCUT2D eigenvalue weighted by molar-refractivity contribution is 9.09. The van der Waals surface area contributed by atoms with Crippen molar-refractivity contribution in [3.05, 3.63) is 24.3 Å². The van der Waals surface area contributed by atoms with Gasteiger partial charge in [0.2, 0.25) is 0 Å². The summed E-state index contributed by atoms with van der Waals surface area (Å²) in [6, 6.07) is 0. The summed E-state index contributed by atoms with van der Waals surface area (Å²) in [4.78, 5) is 0. The van der Waals surface area contributed by atoms with Gasteiger partial charge in [-0.05, 0) is 12.8 Å². The third kappa shape index (κ3) is 4.97. The Bertz CT molecular complexity index is 186. The van der Waals surface area contributed by atoms with Gasteiger partial charge >= 0.3 is 0 Å². The Morgan fingerprint density at radius 1 is 1.29 bits per heavy atom. The van der Waals surface area contributed by atoms with Crippen molar-refractivity contribution in [3.8, 4) is 0 Å². The lowest BCUT2D eigenvalue weighted by molar-refractivity contribution is 0.0999. The van der Waals surface area contributed by atoms with Crippen molar-refractivity contribution >= 4 is 15.9 Å². The van der Waals surface area contributed by atoms with E-state index in [1.807, 2.05) is 0 Å². The van der Waals surface area contributed by atoms with Crippen LogP contribution in [0.1, 0.15) is 32.6 Å². The standard InChI is InChI=1S/C12H19BrO/c1-2-3-4-9-12(13)14-10-11-7-5-6-8-11/h5-8,11-12H,2-4,9-10H2,1H3.